The number of nitrogens with one attached hydrogen (secondary N) is 1. The fourth-order valence-corrected chi connectivity index (χ4v) is 2.63. The van der Waals surface area contributed by atoms with Crippen molar-refractivity contribution in [1.82, 2.24) is 15.2 Å². The fourth-order valence-electron chi connectivity index (χ4n) is 2.39. The zero-order valence-corrected chi connectivity index (χ0v) is 12.5. The first kappa shape index (κ1) is 15.7. The summed E-state index contributed by atoms with van der Waals surface area (Å²) in [4.78, 5) is 5.71. The largest absolute Gasteiger partial charge is 0.401 e. The van der Waals surface area contributed by atoms with Crippen molar-refractivity contribution in [3.63, 3.8) is 0 Å². The van der Waals surface area contributed by atoms with Crippen LogP contribution in [0, 0.1) is 5.92 Å². The molecule has 3 nitrogen and oxygen atoms in total. The first-order chi connectivity index (χ1) is 9.42. The van der Waals surface area contributed by atoms with Crippen LogP contribution >= 0.6 is 15.9 Å². The van der Waals surface area contributed by atoms with Gasteiger partial charge in [0.2, 0.25) is 0 Å². The zero-order valence-electron chi connectivity index (χ0n) is 11.0. The summed E-state index contributed by atoms with van der Waals surface area (Å²) in [5.41, 5.74) is 0.929. The molecule has 0 aliphatic carbocycles. The van der Waals surface area contributed by atoms with Gasteiger partial charge in [0.25, 0.3) is 0 Å². The van der Waals surface area contributed by atoms with Gasteiger partial charge in [0.05, 0.1) is 12.2 Å². The number of alkyl halides is 3. The SMILES string of the molecule is FC(F)(F)CN1CCC(CNCc2ccc(Br)cn2)C1. The van der Waals surface area contributed by atoms with Crippen LogP contribution in [0.3, 0.4) is 0 Å². The molecule has 112 valence electrons. The standard InChI is InChI=1S/C13H17BrF3N3/c14-11-1-2-12(19-6-11)7-18-5-10-3-4-20(8-10)9-13(15,16)17/h1-2,6,10,18H,3-5,7-9H2. The van der Waals surface area contributed by atoms with Crippen LogP contribution in [0.4, 0.5) is 13.2 Å². The molecule has 0 bridgehead atoms. The van der Waals surface area contributed by atoms with E-state index in [1.807, 2.05) is 12.1 Å². The van der Waals surface area contributed by atoms with Crippen molar-refractivity contribution in [3.05, 3.63) is 28.5 Å². The Morgan fingerprint density at radius 2 is 2.20 bits per heavy atom. The molecule has 7 heteroatoms. The molecule has 1 fully saturated rings. The third-order valence-corrected chi connectivity index (χ3v) is 3.77. The van der Waals surface area contributed by atoms with Crippen molar-refractivity contribution in [2.24, 2.45) is 5.92 Å². The lowest BCUT2D eigenvalue weighted by atomic mass is 10.1. The van der Waals surface area contributed by atoms with Crippen LogP contribution in [0.1, 0.15) is 12.1 Å². The summed E-state index contributed by atoms with van der Waals surface area (Å²) < 4.78 is 37.7. The molecule has 2 rings (SSSR count). The fraction of sp³-hybridized carbons (Fsp3) is 0.615. The molecule has 0 spiro atoms. The minimum atomic E-state index is -4.09. The van der Waals surface area contributed by atoms with Crippen LogP contribution in [0.5, 0.6) is 0 Å². The van der Waals surface area contributed by atoms with E-state index >= 15 is 0 Å². The van der Waals surface area contributed by atoms with Gasteiger partial charge in [0.1, 0.15) is 0 Å². The van der Waals surface area contributed by atoms with Crippen LogP contribution in [-0.2, 0) is 6.54 Å². The Balaban J connectivity index is 1.67. The maximum absolute atomic E-state index is 12.3. The van der Waals surface area contributed by atoms with E-state index < -0.39 is 12.7 Å². The Kier molecular flexibility index (Phi) is 5.40. The van der Waals surface area contributed by atoms with Gasteiger partial charge < -0.3 is 5.32 Å². The van der Waals surface area contributed by atoms with Crippen LogP contribution in [0.15, 0.2) is 22.8 Å². The highest BCUT2D eigenvalue weighted by molar-refractivity contribution is 9.10. The summed E-state index contributed by atoms with van der Waals surface area (Å²) in [6, 6.07) is 3.84. The van der Waals surface area contributed by atoms with E-state index in [1.165, 1.54) is 4.90 Å². The van der Waals surface area contributed by atoms with Gasteiger partial charge in [-0.25, -0.2) is 0 Å². The minimum absolute atomic E-state index is 0.285. The van der Waals surface area contributed by atoms with E-state index in [9.17, 15) is 13.2 Å². The van der Waals surface area contributed by atoms with E-state index in [0.717, 1.165) is 23.1 Å². The highest BCUT2D eigenvalue weighted by atomic mass is 79.9. The first-order valence-electron chi connectivity index (χ1n) is 6.52. The average Bonchev–Trinajstić information content (AvgIpc) is 2.77. The van der Waals surface area contributed by atoms with Gasteiger partial charge in [-0.1, -0.05) is 0 Å². The third-order valence-electron chi connectivity index (χ3n) is 3.30. The summed E-state index contributed by atoms with van der Waals surface area (Å²) >= 11 is 3.32. The zero-order chi connectivity index (χ0) is 14.6. The lowest BCUT2D eigenvalue weighted by molar-refractivity contribution is -0.143. The molecule has 0 amide bonds. The van der Waals surface area contributed by atoms with Gasteiger partial charge in [0, 0.05) is 23.8 Å². The number of rotatable bonds is 5. The van der Waals surface area contributed by atoms with Crippen LogP contribution in [-0.4, -0.2) is 42.2 Å². The van der Waals surface area contributed by atoms with Crippen molar-refractivity contribution in [2.75, 3.05) is 26.2 Å². The van der Waals surface area contributed by atoms with Crippen molar-refractivity contribution in [3.8, 4) is 0 Å². The Morgan fingerprint density at radius 1 is 1.40 bits per heavy atom. The van der Waals surface area contributed by atoms with Crippen LogP contribution in [0.25, 0.3) is 0 Å². The molecule has 0 aromatic carbocycles. The number of nitrogens with zero attached hydrogens (tertiary/aromatic N) is 2. The molecule has 1 N–H and O–H groups in total. The van der Waals surface area contributed by atoms with Gasteiger partial charge in [-0.05, 0) is 53.5 Å². The van der Waals surface area contributed by atoms with Crippen LogP contribution in [0.2, 0.25) is 0 Å². The highest BCUT2D eigenvalue weighted by Crippen LogP contribution is 2.22. The van der Waals surface area contributed by atoms with Crippen LogP contribution < -0.4 is 5.32 Å². The number of hydrogen-bond acceptors (Lipinski definition) is 3. The van der Waals surface area contributed by atoms with Gasteiger partial charge in [-0.2, -0.15) is 13.2 Å². The normalized spacial score (nSPS) is 20.5. The van der Waals surface area contributed by atoms with Gasteiger partial charge in [-0.15, -0.1) is 0 Å². The molecule has 1 aliphatic heterocycles. The van der Waals surface area contributed by atoms with E-state index in [4.69, 9.17) is 0 Å². The molecular weight excluding hydrogens is 335 g/mol. The second-order valence-electron chi connectivity index (χ2n) is 5.10. The van der Waals surface area contributed by atoms with Crippen molar-refractivity contribution in [2.45, 2.75) is 19.1 Å². The molecule has 1 aliphatic rings. The topological polar surface area (TPSA) is 28.2 Å². The molecule has 1 atom stereocenters. The molecular formula is C13H17BrF3N3. The highest BCUT2D eigenvalue weighted by Gasteiger charge is 2.34. The summed E-state index contributed by atoms with van der Waals surface area (Å²) in [6.45, 7) is 1.62. The molecule has 2 heterocycles. The van der Waals surface area contributed by atoms with E-state index in [0.29, 0.717) is 19.6 Å². The van der Waals surface area contributed by atoms with Crippen molar-refractivity contribution < 1.29 is 13.2 Å². The molecule has 1 aromatic rings. The number of halogens is 4. The Bertz CT molecular complexity index is 422. The Morgan fingerprint density at radius 3 is 2.85 bits per heavy atom. The van der Waals surface area contributed by atoms with Gasteiger partial charge in [-0.3, -0.25) is 9.88 Å². The lowest BCUT2D eigenvalue weighted by Crippen LogP contribution is -2.33. The minimum Gasteiger partial charge on any atom is -0.311 e. The van der Waals surface area contributed by atoms with Crippen molar-refractivity contribution >= 4 is 15.9 Å². The quantitative estimate of drug-likeness (QED) is 0.884. The Hall–Kier alpha value is -0.660. The smallest absolute Gasteiger partial charge is 0.311 e. The third kappa shape index (κ3) is 5.38. The van der Waals surface area contributed by atoms with Gasteiger partial charge in [0.15, 0.2) is 0 Å². The lowest BCUT2D eigenvalue weighted by Gasteiger charge is -2.18. The predicted octanol–water partition coefficient (Wildman–Crippen LogP) is 2.82. The predicted molar refractivity (Wildman–Crippen MR) is 74.2 cm³/mol. The monoisotopic (exact) mass is 351 g/mol. The number of pyridine rings is 1. The molecule has 0 radical (unpaired) electrons. The maximum Gasteiger partial charge on any atom is 0.401 e. The second-order valence-corrected chi connectivity index (χ2v) is 6.02. The molecule has 0 saturated carbocycles. The molecule has 1 unspecified atom stereocenters. The summed E-state index contributed by atoms with van der Waals surface area (Å²) in [5.74, 6) is 0.285. The number of aromatic nitrogens is 1. The molecule has 20 heavy (non-hydrogen) atoms. The number of likely N-dealkylation sites (tertiary alicyclic amines) is 1. The number of hydrogen-bond donors (Lipinski definition) is 1. The van der Waals surface area contributed by atoms with E-state index in [1.54, 1.807) is 6.20 Å². The second kappa shape index (κ2) is 6.87. The average molecular weight is 352 g/mol. The maximum atomic E-state index is 12.3. The van der Waals surface area contributed by atoms with E-state index in [2.05, 4.69) is 26.2 Å². The summed E-state index contributed by atoms with van der Waals surface area (Å²) in [7, 11) is 0. The van der Waals surface area contributed by atoms with E-state index in [-0.39, 0.29) is 5.92 Å². The summed E-state index contributed by atoms with van der Waals surface area (Å²) in [5, 5.41) is 3.26. The van der Waals surface area contributed by atoms with Crippen molar-refractivity contribution in [1.29, 1.82) is 0 Å². The first-order valence-corrected chi connectivity index (χ1v) is 7.32. The molecule has 1 aromatic heterocycles. The Labute approximate surface area is 124 Å². The molecule has 1 saturated heterocycles. The van der Waals surface area contributed by atoms with Gasteiger partial charge >= 0.3 is 6.18 Å². The summed E-state index contributed by atoms with van der Waals surface area (Å²) in [6.07, 6.45) is -1.54.